The number of halogens is 2. The standard InChI is InChI=1S/C16H15BrFN3OS/c1-9-12-7-14(23-16(12)21(3)19-9)15(22)20(2)8-10-6-11(17)4-5-13(10)18/h4-7H,8H2,1-3H3. The first-order chi connectivity index (χ1) is 10.9. The van der Waals surface area contributed by atoms with E-state index in [1.165, 1.54) is 22.3 Å². The lowest BCUT2D eigenvalue weighted by Gasteiger charge is -2.17. The highest BCUT2D eigenvalue weighted by molar-refractivity contribution is 9.10. The molecule has 0 fully saturated rings. The highest BCUT2D eigenvalue weighted by Gasteiger charge is 2.19. The van der Waals surface area contributed by atoms with Crippen LogP contribution in [0.5, 0.6) is 0 Å². The Balaban J connectivity index is 1.86. The molecule has 3 aromatic rings. The number of amides is 1. The summed E-state index contributed by atoms with van der Waals surface area (Å²) in [6.07, 6.45) is 0. The fraction of sp³-hybridized carbons (Fsp3) is 0.250. The summed E-state index contributed by atoms with van der Waals surface area (Å²) in [5, 5.41) is 5.32. The number of hydrogen-bond donors (Lipinski definition) is 0. The molecule has 4 nitrogen and oxygen atoms in total. The molecular weight excluding hydrogens is 381 g/mol. The molecule has 0 unspecified atom stereocenters. The van der Waals surface area contributed by atoms with Crippen molar-refractivity contribution in [3.05, 3.63) is 50.7 Å². The van der Waals surface area contributed by atoms with Gasteiger partial charge in [0.2, 0.25) is 0 Å². The Kier molecular flexibility index (Phi) is 4.25. The summed E-state index contributed by atoms with van der Waals surface area (Å²) in [4.78, 5) is 15.7. The highest BCUT2D eigenvalue weighted by atomic mass is 79.9. The predicted molar refractivity (Wildman–Crippen MR) is 93.2 cm³/mol. The molecule has 0 aliphatic carbocycles. The molecule has 2 aromatic heterocycles. The number of hydrogen-bond acceptors (Lipinski definition) is 3. The Bertz CT molecular complexity index is 868. The summed E-state index contributed by atoms with van der Waals surface area (Å²) in [6, 6.07) is 6.59. The summed E-state index contributed by atoms with van der Waals surface area (Å²) in [5.74, 6) is -0.436. The molecule has 23 heavy (non-hydrogen) atoms. The van der Waals surface area contributed by atoms with Crippen LogP contribution >= 0.6 is 27.3 Å². The second-order valence-electron chi connectivity index (χ2n) is 5.44. The largest absolute Gasteiger partial charge is 0.337 e. The second kappa shape index (κ2) is 6.05. The lowest BCUT2D eigenvalue weighted by molar-refractivity contribution is 0.0788. The maximum Gasteiger partial charge on any atom is 0.264 e. The lowest BCUT2D eigenvalue weighted by atomic mass is 10.2. The number of nitrogens with zero attached hydrogens (tertiary/aromatic N) is 3. The maximum atomic E-state index is 13.9. The van der Waals surface area contributed by atoms with Crippen LogP contribution in [0.25, 0.3) is 10.2 Å². The van der Waals surface area contributed by atoms with Crippen molar-refractivity contribution in [2.75, 3.05) is 7.05 Å². The monoisotopic (exact) mass is 395 g/mol. The molecule has 0 radical (unpaired) electrons. The third kappa shape index (κ3) is 3.03. The molecule has 1 amide bonds. The number of carbonyl (C=O) groups excluding carboxylic acids is 1. The van der Waals surface area contributed by atoms with Crippen LogP contribution in [0.2, 0.25) is 0 Å². The number of fused-ring (bicyclic) bond motifs is 1. The van der Waals surface area contributed by atoms with Gasteiger partial charge in [-0.3, -0.25) is 9.48 Å². The number of aromatic nitrogens is 2. The molecule has 2 heterocycles. The smallest absolute Gasteiger partial charge is 0.264 e. The van der Waals surface area contributed by atoms with Gasteiger partial charge in [0, 0.05) is 36.1 Å². The number of benzene rings is 1. The normalized spacial score (nSPS) is 11.2. The van der Waals surface area contributed by atoms with E-state index in [2.05, 4.69) is 21.0 Å². The summed E-state index contributed by atoms with van der Waals surface area (Å²) in [6.45, 7) is 2.14. The van der Waals surface area contributed by atoms with Gasteiger partial charge in [-0.2, -0.15) is 5.10 Å². The molecule has 0 aliphatic heterocycles. The first-order valence-electron chi connectivity index (χ1n) is 6.99. The van der Waals surface area contributed by atoms with Gasteiger partial charge in [0.1, 0.15) is 10.6 Å². The van der Waals surface area contributed by atoms with Crippen LogP contribution in [-0.4, -0.2) is 27.6 Å². The van der Waals surface area contributed by atoms with Gasteiger partial charge >= 0.3 is 0 Å². The summed E-state index contributed by atoms with van der Waals surface area (Å²) >= 11 is 4.73. The molecule has 3 rings (SSSR count). The molecule has 0 atom stereocenters. The minimum atomic E-state index is -0.316. The molecule has 0 saturated carbocycles. The van der Waals surface area contributed by atoms with Gasteiger partial charge in [-0.1, -0.05) is 15.9 Å². The number of aryl methyl sites for hydroxylation is 2. The van der Waals surface area contributed by atoms with E-state index < -0.39 is 0 Å². The summed E-state index contributed by atoms with van der Waals surface area (Å²) in [7, 11) is 3.54. The van der Waals surface area contributed by atoms with E-state index in [1.807, 2.05) is 20.0 Å². The van der Waals surface area contributed by atoms with Gasteiger partial charge in [0.05, 0.1) is 10.6 Å². The van der Waals surface area contributed by atoms with Gasteiger partial charge in [-0.05, 0) is 31.2 Å². The van der Waals surface area contributed by atoms with E-state index in [9.17, 15) is 9.18 Å². The van der Waals surface area contributed by atoms with Crippen LogP contribution in [0.4, 0.5) is 4.39 Å². The minimum Gasteiger partial charge on any atom is -0.337 e. The van der Waals surface area contributed by atoms with Gasteiger partial charge in [-0.25, -0.2) is 4.39 Å². The van der Waals surface area contributed by atoms with Crippen molar-refractivity contribution in [1.82, 2.24) is 14.7 Å². The molecule has 7 heteroatoms. The van der Waals surface area contributed by atoms with Crippen molar-refractivity contribution in [2.24, 2.45) is 7.05 Å². The van der Waals surface area contributed by atoms with E-state index in [1.54, 1.807) is 23.9 Å². The third-order valence-corrected chi connectivity index (χ3v) is 5.35. The minimum absolute atomic E-state index is 0.120. The number of rotatable bonds is 3. The quantitative estimate of drug-likeness (QED) is 0.668. The maximum absolute atomic E-state index is 13.9. The van der Waals surface area contributed by atoms with Crippen molar-refractivity contribution < 1.29 is 9.18 Å². The molecule has 0 N–H and O–H groups in total. The van der Waals surface area contributed by atoms with E-state index in [0.29, 0.717) is 10.4 Å². The average Bonchev–Trinajstić information content (AvgIpc) is 3.04. The van der Waals surface area contributed by atoms with E-state index >= 15 is 0 Å². The lowest BCUT2D eigenvalue weighted by Crippen LogP contribution is -2.25. The predicted octanol–water partition coefficient (Wildman–Crippen LogP) is 4.12. The molecular formula is C16H15BrFN3OS. The number of carbonyl (C=O) groups is 1. The fourth-order valence-electron chi connectivity index (χ4n) is 2.49. The Morgan fingerprint density at radius 3 is 2.87 bits per heavy atom. The molecule has 0 aliphatic rings. The zero-order chi connectivity index (χ0) is 16.7. The zero-order valence-electron chi connectivity index (χ0n) is 12.9. The van der Waals surface area contributed by atoms with E-state index in [0.717, 1.165) is 20.4 Å². The Morgan fingerprint density at radius 2 is 2.17 bits per heavy atom. The Labute approximate surface area is 145 Å². The molecule has 0 saturated heterocycles. The topological polar surface area (TPSA) is 38.1 Å². The second-order valence-corrected chi connectivity index (χ2v) is 7.38. The summed E-state index contributed by atoms with van der Waals surface area (Å²) < 4.78 is 16.4. The van der Waals surface area contributed by atoms with Gasteiger partial charge in [0.25, 0.3) is 5.91 Å². The van der Waals surface area contributed by atoms with Crippen LogP contribution in [-0.2, 0) is 13.6 Å². The van der Waals surface area contributed by atoms with Crippen molar-refractivity contribution in [3.8, 4) is 0 Å². The van der Waals surface area contributed by atoms with Crippen molar-refractivity contribution in [1.29, 1.82) is 0 Å². The van der Waals surface area contributed by atoms with Crippen LogP contribution < -0.4 is 0 Å². The highest BCUT2D eigenvalue weighted by Crippen LogP contribution is 2.28. The van der Waals surface area contributed by atoms with Gasteiger partial charge < -0.3 is 4.90 Å². The van der Waals surface area contributed by atoms with Crippen LogP contribution in [0.15, 0.2) is 28.7 Å². The van der Waals surface area contributed by atoms with Crippen LogP contribution in [0.3, 0.4) is 0 Å². The Morgan fingerprint density at radius 1 is 1.43 bits per heavy atom. The SMILES string of the molecule is Cc1nn(C)c2sc(C(=O)N(C)Cc3cc(Br)ccc3F)cc12. The molecule has 120 valence electrons. The molecule has 1 aromatic carbocycles. The Hall–Kier alpha value is -1.73. The van der Waals surface area contributed by atoms with Gasteiger partial charge in [-0.15, -0.1) is 11.3 Å². The molecule has 0 bridgehead atoms. The number of thiophene rings is 1. The third-order valence-electron chi connectivity index (χ3n) is 3.67. The van der Waals surface area contributed by atoms with Crippen LogP contribution in [0.1, 0.15) is 20.9 Å². The van der Waals surface area contributed by atoms with E-state index in [4.69, 9.17) is 0 Å². The van der Waals surface area contributed by atoms with Crippen molar-refractivity contribution in [2.45, 2.75) is 13.5 Å². The van der Waals surface area contributed by atoms with Crippen molar-refractivity contribution in [3.63, 3.8) is 0 Å². The first kappa shape index (κ1) is 16.1. The fourth-order valence-corrected chi connectivity index (χ4v) is 4.02. The van der Waals surface area contributed by atoms with Crippen molar-refractivity contribution >= 4 is 43.4 Å². The van der Waals surface area contributed by atoms with Gasteiger partial charge in [0.15, 0.2) is 0 Å². The summed E-state index contributed by atoms with van der Waals surface area (Å²) in [5.41, 5.74) is 1.38. The zero-order valence-corrected chi connectivity index (χ0v) is 15.3. The van der Waals surface area contributed by atoms with Crippen LogP contribution in [0, 0.1) is 12.7 Å². The van der Waals surface area contributed by atoms with E-state index in [-0.39, 0.29) is 18.3 Å². The first-order valence-corrected chi connectivity index (χ1v) is 8.60. The molecule has 0 spiro atoms. The average molecular weight is 396 g/mol.